The summed E-state index contributed by atoms with van der Waals surface area (Å²) in [5.74, 6) is 0.251. The molecule has 0 saturated heterocycles. The SMILES string of the molecule is COc1ccccc1CN(C)[C@H](C(=O)Nc1ccc(F)cc1)c1ccccc1. The molecule has 3 aromatic rings. The zero-order valence-corrected chi connectivity index (χ0v) is 15.9. The Morgan fingerprint density at radius 3 is 2.32 bits per heavy atom. The summed E-state index contributed by atoms with van der Waals surface area (Å²) in [5.41, 5.74) is 2.42. The van der Waals surface area contributed by atoms with E-state index in [1.165, 1.54) is 12.1 Å². The minimum atomic E-state index is -0.517. The summed E-state index contributed by atoms with van der Waals surface area (Å²) in [7, 11) is 3.53. The number of methoxy groups -OCH3 is 1. The van der Waals surface area contributed by atoms with Crippen molar-refractivity contribution in [3.63, 3.8) is 0 Å². The Bertz CT molecular complexity index is 913. The van der Waals surface area contributed by atoms with Crippen LogP contribution in [0.1, 0.15) is 17.2 Å². The number of ether oxygens (including phenoxy) is 1. The lowest BCUT2D eigenvalue weighted by Gasteiger charge is -2.28. The van der Waals surface area contributed by atoms with E-state index in [9.17, 15) is 9.18 Å². The van der Waals surface area contributed by atoms with Crippen molar-refractivity contribution in [2.45, 2.75) is 12.6 Å². The third-order valence-corrected chi connectivity index (χ3v) is 4.53. The molecule has 1 N–H and O–H groups in total. The molecule has 1 atom stereocenters. The summed E-state index contributed by atoms with van der Waals surface area (Å²) in [6.45, 7) is 0.528. The average molecular weight is 378 g/mol. The summed E-state index contributed by atoms with van der Waals surface area (Å²) in [5, 5.41) is 2.88. The van der Waals surface area contributed by atoms with Crippen LogP contribution >= 0.6 is 0 Å². The quantitative estimate of drug-likeness (QED) is 0.651. The molecule has 4 nitrogen and oxygen atoms in total. The number of amides is 1. The Kier molecular flexibility index (Phi) is 6.40. The molecule has 0 aliphatic heterocycles. The van der Waals surface area contributed by atoms with Crippen LogP contribution in [-0.4, -0.2) is 25.0 Å². The molecule has 0 heterocycles. The molecule has 0 aliphatic rings. The van der Waals surface area contributed by atoms with Gasteiger partial charge in [-0.2, -0.15) is 0 Å². The molecule has 0 aromatic heterocycles. The van der Waals surface area contributed by atoms with E-state index in [0.717, 1.165) is 16.9 Å². The lowest BCUT2D eigenvalue weighted by molar-refractivity contribution is -0.121. The first-order valence-electron chi connectivity index (χ1n) is 9.02. The highest BCUT2D eigenvalue weighted by Crippen LogP contribution is 2.26. The van der Waals surface area contributed by atoms with Crippen molar-refractivity contribution in [3.8, 4) is 5.75 Å². The van der Waals surface area contributed by atoms with E-state index in [1.807, 2.05) is 66.5 Å². The maximum atomic E-state index is 13.2. The van der Waals surface area contributed by atoms with Crippen LogP contribution in [-0.2, 0) is 11.3 Å². The highest BCUT2D eigenvalue weighted by atomic mass is 19.1. The average Bonchev–Trinajstić information content (AvgIpc) is 2.71. The fraction of sp³-hybridized carbons (Fsp3) is 0.174. The normalized spacial score (nSPS) is 11.9. The van der Waals surface area contributed by atoms with Crippen LogP contribution < -0.4 is 10.1 Å². The Balaban J connectivity index is 1.86. The fourth-order valence-corrected chi connectivity index (χ4v) is 3.18. The molecule has 5 heteroatoms. The molecule has 1 amide bonds. The maximum Gasteiger partial charge on any atom is 0.246 e. The predicted octanol–water partition coefficient (Wildman–Crippen LogP) is 4.65. The van der Waals surface area contributed by atoms with E-state index in [2.05, 4.69) is 5.32 Å². The number of hydrogen-bond donors (Lipinski definition) is 1. The second-order valence-electron chi connectivity index (χ2n) is 6.54. The highest BCUT2D eigenvalue weighted by molar-refractivity contribution is 5.95. The first kappa shape index (κ1) is 19.6. The van der Waals surface area contributed by atoms with Gasteiger partial charge >= 0.3 is 0 Å². The van der Waals surface area contributed by atoms with E-state index >= 15 is 0 Å². The van der Waals surface area contributed by atoms with Crippen molar-refractivity contribution < 1.29 is 13.9 Å². The molecule has 0 radical (unpaired) electrons. The van der Waals surface area contributed by atoms with Gasteiger partial charge in [0, 0.05) is 17.8 Å². The minimum Gasteiger partial charge on any atom is -0.496 e. The third-order valence-electron chi connectivity index (χ3n) is 4.53. The van der Waals surface area contributed by atoms with Crippen molar-refractivity contribution in [1.82, 2.24) is 4.90 Å². The van der Waals surface area contributed by atoms with Crippen molar-refractivity contribution in [2.24, 2.45) is 0 Å². The second kappa shape index (κ2) is 9.15. The summed E-state index contributed by atoms with van der Waals surface area (Å²) in [6, 6.07) is 22.6. The number of carbonyl (C=O) groups is 1. The number of benzene rings is 3. The predicted molar refractivity (Wildman–Crippen MR) is 109 cm³/mol. The molecule has 0 saturated carbocycles. The van der Waals surface area contributed by atoms with Gasteiger partial charge in [0.05, 0.1) is 7.11 Å². The van der Waals surface area contributed by atoms with Crippen molar-refractivity contribution in [3.05, 3.63) is 95.8 Å². The molecule has 3 aromatic carbocycles. The van der Waals surface area contributed by atoms with Gasteiger partial charge in [0.2, 0.25) is 5.91 Å². The van der Waals surface area contributed by atoms with E-state index < -0.39 is 6.04 Å². The number of anilines is 1. The van der Waals surface area contributed by atoms with Crippen LogP contribution in [0.2, 0.25) is 0 Å². The number of nitrogens with one attached hydrogen (secondary N) is 1. The van der Waals surface area contributed by atoms with Crippen LogP contribution in [0.15, 0.2) is 78.9 Å². The van der Waals surface area contributed by atoms with Gasteiger partial charge in [-0.25, -0.2) is 4.39 Å². The van der Waals surface area contributed by atoms with Gasteiger partial charge in [-0.3, -0.25) is 9.69 Å². The van der Waals surface area contributed by atoms with E-state index in [1.54, 1.807) is 19.2 Å². The molecule has 144 valence electrons. The molecule has 3 rings (SSSR count). The summed E-state index contributed by atoms with van der Waals surface area (Å²) in [4.78, 5) is 15.1. The van der Waals surface area contributed by atoms with Gasteiger partial charge in [-0.1, -0.05) is 48.5 Å². The lowest BCUT2D eigenvalue weighted by atomic mass is 10.0. The number of rotatable bonds is 7. The van der Waals surface area contributed by atoms with Gasteiger partial charge in [-0.05, 0) is 42.9 Å². The molecular weight excluding hydrogens is 355 g/mol. The van der Waals surface area contributed by atoms with Crippen LogP contribution in [0.5, 0.6) is 5.75 Å². The molecule has 0 bridgehead atoms. The van der Waals surface area contributed by atoms with Gasteiger partial charge in [0.1, 0.15) is 17.6 Å². The zero-order chi connectivity index (χ0) is 19.9. The van der Waals surface area contributed by atoms with Gasteiger partial charge < -0.3 is 10.1 Å². The maximum absolute atomic E-state index is 13.2. The molecule has 0 spiro atoms. The first-order valence-corrected chi connectivity index (χ1v) is 9.02. The van der Waals surface area contributed by atoms with Crippen LogP contribution in [0, 0.1) is 5.82 Å². The van der Waals surface area contributed by atoms with Crippen LogP contribution in [0.4, 0.5) is 10.1 Å². The van der Waals surface area contributed by atoms with Crippen molar-refractivity contribution in [2.75, 3.05) is 19.5 Å². The summed E-state index contributed by atoms with van der Waals surface area (Å²) >= 11 is 0. The zero-order valence-electron chi connectivity index (χ0n) is 15.9. The van der Waals surface area contributed by atoms with Crippen molar-refractivity contribution in [1.29, 1.82) is 0 Å². The largest absolute Gasteiger partial charge is 0.496 e. The number of likely N-dealkylation sites (N-methyl/N-ethyl adjacent to an activating group) is 1. The second-order valence-corrected chi connectivity index (χ2v) is 6.54. The molecule has 0 fully saturated rings. The minimum absolute atomic E-state index is 0.185. The fourth-order valence-electron chi connectivity index (χ4n) is 3.18. The van der Waals surface area contributed by atoms with Crippen LogP contribution in [0.3, 0.4) is 0 Å². The summed E-state index contributed by atoms with van der Waals surface area (Å²) in [6.07, 6.45) is 0. The third kappa shape index (κ3) is 4.75. The molecular formula is C23H23FN2O2. The van der Waals surface area contributed by atoms with Crippen molar-refractivity contribution >= 4 is 11.6 Å². The summed E-state index contributed by atoms with van der Waals surface area (Å²) < 4.78 is 18.6. The number of carbonyl (C=O) groups excluding carboxylic acids is 1. The van der Waals surface area contributed by atoms with Crippen LogP contribution in [0.25, 0.3) is 0 Å². The topological polar surface area (TPSA) is 41.6 Å². The number of hydrogen-bond acceptors (Lipinski definition) is 3. The van der Waals surface area contributed by atoms with E-state index in [-0.39, 0.29) is 11.7 Å². The molecule has 0 unspecified atom stereocenters. The Morgan fingerprint density at radius 1 is 1.00 bits per heavy atom. The smallest absolute Gasteiger partial charge is 0.246 e. The Hall–Kier alpha value is -3.18. The first-order chi connectivity index (χ1) is 13.6. The standard InChI is InChI=1S/C23H23FN2O2/c1-26(16-18-10-6-7-11-21(18)28-2)22(17-8-4-3-5-9-17)23(27)25-20-14-12-19(24)13-15-20/h3-15,22H,16H2,1-2H3,(H,25,27)/t22-/m0/s1. The Labute approximate surface area is 164 Å². The molecule has 28 heavy (non-hydrogen) atoms. The number of halogens is 1. The number of nitrogens with zero attached hydrogens (tertiary/aromatic N) is 1. The van der Waals surface area contributed by atoms with Gasteiger partial charge in [0.15, 0.2) is 0 Å². The number of para-hydroxylation sites is 1. The monoisotopic (exact) mass is 378 g/mol. The molecule has 0 aliphatic carbocycles. The van der Waals surface area contributed by atoms with E-state index in [0.29, 0.717) is 12.2 Å². The Morgan fingerprint density at radius 2 is 1.64 bits per heavy atom. The van der Waals surface area contributed by atoms with Gasteiger partial charge in [-0.15, -0.1) is 0 Å². The van der Waals surface area contributed by atoms with Gasteiger partial charge in [0.25, 0.3) is 0 Å². The highest BCUT2D eigenvalue weighted by Gasteiger charge is 2.26. The lowest BCUT2D eigenvalue weighted by Crippen LogP contribution is -2.34. The van der Waals surface area contributed by atoms with E-state index in [4.69, 9.17) is 4.74 Å².